The highest BCUT2D eigenvalue weighted by Gasteiger charge is 2.31. The highest BCUT2D eigenvalue weighted by atomic mass is 19.4. The minimum atomic E-state index is -4.72. The lowest BCUT2D eigenvalue weighted by Gasteiger charge is -2.10. The van der Waals surface area contributed by atoms with E-state index in [9.17, 15) is 13.2 Å². The molecule has 0 radical (unpaired) electrons. The van der Waals surface area contributed by atoms with Gasteiger partial charge in [-0.05, 0) is 30.9 Å². The van der Waals surface area contributed by atoms with Crippen LogP contribution in [0.5, 0.6) is 5.75 Å². The van der Waals surface area contributed by atoms with Gasteiger partial charge in [0.1, 0.15) is 5.75 Å². The maximum absolute atomic E-state index is 12.2. The number of ether oxygens (including phenoxy) is 1. The van der Waals surface area contributed by atoms with Crippen LogP contribution in [-0.4, -0.2) is 16.1 Å². The fourth-order valence-electron chi connectivity index (χ4n) is 2.17. The van der Waals surface area contributed by atoms with Crippen LogP contribution in [0.3, 0.4) is 0 Å². The summed E-state index contributed by atoms with van der Waals surface area (Å²) in [6.45, 7) is 0.870. The summed E-state index contributed by atoms with van der Waals surface area (Å²) < 4.78 is 42.1. The number of anilines is 1. The minimum Gasteiger partial charge on any atom is -0.406 e. The molecule has 1 heterocycles. The molecule has 1 aliphatic rings. The van der Waals surface area contributed by atoms with E-state index in [4.69, 9.17) is 5.73 Å². The molecule has 0 spiro atoms. The second-order valence-corrected chi connectivity index (χ2v) is 5.19. The van der Waals surface area contributed by atoms with Crippen molar-refractivity contribution in [2.45, 2.75) is 25.7 Å². The zero-order chi connectivity index (χ0) is 15.0. The highest BCUT2D eigenvalue weighted by Crippen LogP contribution is 2.33. The number of halogens is 3. The van der Waals surface area contributed by atoms with Crippen LogP contribution in [0.4, 0.5) is 18.9 Å². The van der Waals surface area contributed by atoms with Gasteiger partial charge in [-0.2, -0.15) is 5.10 Å². The standard InChI is InChI=1S/C14H14F3N3O/c15-14(16,17)21-11-3-4-12(13(18)5-11)10-6-19-20(8-10)7-9-1-2-9/h3-6,8-9H,1-2,7,18H2. The molecule has 112 valence electrons. The van der Waals surface area contributed by atoms with Gasteiger partial charge >= 0.3 is 6.36 Å². The van der Waals surface area contributed by atoms with Gasteiger partial charge in [-0.25, -0.2) is 0 Å². The van der Waals surface area contributed by atoms with Gasteiger partial charge in [-0.3, -0.25) is 4.68 Å². The fourth-order valence-corrected chi connectivity index (χ4v) is 2.17. The Balaban J connectivity index is 1.79. The lowest BCUT2D eigenvalue weighted by molar-refractivity contribution is -0.274. The van der Waals surface area contributed by atoms with Crippen LogP contribution in [-0.2, 0) is 6.54 Å². The van der Waals surface area contributed by atoms with Gasteiger partial charge in [0, 0.05) is 35.6 Å². The van der Waals surface area contributed by atoms with Gasteiger partial charge < -0.3 is 10.5 Å². The van der Waals surface area contributed by atoms with Crippen LogP contribution in [0.25, 0.3) is 11.1 Å². The van der Waals surface area contributed by atoms with E-state index in [0.717, 1.165) is 12.1 Å². The average Bonchev–Trinajstić information content (AvgIpc) is 3.05. The summed E-state index contributed by atoms with van der Waals surface area (Å²) in [5.74, 6) is 0.367. The zero-order valence-corrected chi connectivity index (χ0v) is 11.1. The Morgan fingerprint density at radius 3 is 2.71 bits per heavy atom. The second-order valence-electron chi connectivity index (χ2n) is 5.19. The third kappa shape index (κ3) is 3.48. The molecule has 1 aromatic heterocycles. The summed E-state index contributed by atoms with van der Waals surface area (Å²) in [5.41, 5.74) is 7.46. The van der Waals surface area contributed by atoms with Crippen molar-refractivity contribution >= 4 is 5.69 Å². The van der Waals surface area contributed by atoms with Gasteiger partial charge in [0.15, 0.2) is 0 Å². The van der Waals surface area contributed by atoms with E-state index in [1.165, 1.54) is 31.0 Å². The van der Waals surface area contributed by atoms with Crippen LogP contribution in [0.1, 0.15) is 12.8 Å². The molecule has 4 nitrogen and oxygen atoms in total. The second kappa shape index (κ2) is 4.98. The molecule has 0 aliphatic heterocycles. The van der Waals surface area contributed by atoms with E-state index in [1.54, 1.807) is 6.20 Å². The molecule has 0 bridgehead atoms. The molecule has 0 saturated heterocycles. The number of alkyl halides is 3. The van der Waals surface area contributed by atoms with Gasteiger partial charge in [0.05, 0.1) is 6.20 Å². The molecule has 21 heavy (non-hydrogen) atoms. The third-order valence-corrected chi connectivity index (χ3v) is 3.34. The first kappa shape index (κ1) is 13.8. The topological polar surface area (TPSA) is 53.1 Å². The minimum absolute atomic E-state index is 0.225. The summed E-state index contributed by atoms with van der Waals surface area (Å²) in [6.07, 6.45) is 1.25. The zero-order valence-electron chi connectivity index (χ0n) is 11.1. The van der Waals surface area contributed by atoms with Crippen LogP contribution < -0.4 is 10.5 Å². The molecule has 2 N–H and O–H groups in total. The van der Waals surface area contributed by atoms with E-state index in [2.05, 4.69) is 9.84 Å². The van der Waals surface area contributed by atoms with Crippen molar-refractivity contribution in [2.24, 2.45) is 5.92 Å². The lowest BCUT2D eigenvalue weighted by atomic mass is 10.1. The predicted molar refractivity (Wildman–Crippen MR) is 71.5 cm³/mol. The van der Waals surface area contributed by atoms with E-state index >= 15 is 0 Å². The molecule has 2 aromatic rings. The Kier molecular flexibility index (Phi) is 3.27. The van der Waals surface area contributed by atoms with Crippen LogP contribution >= 0.6 is 0 Å². The van der Waals surface area contributed by atoms with Crippen molar-refractivity contribution in [3.63, 3.8) is 0 Å². The number of rotatable bonds is 4. The van der Waals surface area contributed by atoms with E-state index in [-0.39, 0.29) is 11.4 Å². The number of benzene rings is 1. The van der Waals surface area contributed by atoms with Crippen LogP contribution in [0.2, 0.25) is 0 Å². The van der Waals surface area contributed by atoms with Gasteiger partial charge in [0.2, 0.25) is 0 Å². The van der Waals surface area contributed by atoms with E-state index < -0.39 is 6.36 Å². The Bertz CT molecular complexity index is 647. The number of nitrogens with two attached hydrogens (primary N) is 1. The molecule has 1 aromatic carbocycles. The molecule has 1 fully saturated rings. The van der Waals surface area contributed by atoms with Crippen molar-refractivity contribution in [3.8, 4) is 16.9 Å². The summed E-state index contributed by atoms with van der Waals surface area (Å²) in [7, 11) is 0. The first-order valence-corrected chi connectivity index (χ1v) is 6.59. The molecule has 0 amide bonds. The summed E-state index contributed by atoms with van der Waals surface area (Å²) >= 11 is 0. The summed E-state index contributed by atoms with van der Waals surface area (Å²) in [4.78, 5) is 0. The molecule has 0 atom stereocenters. The Labute approximate surface area is 119 Å². The monoisotopic (exact) mass is 297 g/mol. The molecule has 7 heteroatoms. The fraction of sp³-hybridized carbons (Fsp3) is 0.357. The van der Waals surface area contributed by atoms with Crippen LogP contribution in [0.15, 0.2) is 30.6 Å². The Morgan fingerprint density at radius 2 is 2.10 bits per heavy atom. The summed E-state index contributed by atoms with van der Waals surface area (Å²) in [5, 5.41) is 4.25. The number of aromatic nitrogens is 2. The maximum atomic E-state index is 12.2. The van der Waals surface area contributed by atoms with Crippen molar-refractivity contribution in [1.82, 2.24) is 9.78 Å². The molecule has 3 rings (SSSR count). The van der Waals surface area contributed by atoms with Gasteiger partial charge in [-0.15, -0.1) is 13.2 Å². The molecular formula is C14H14F3N3O. The van der Waals surface area contributed by atoms with E-state index in [1.807, 2.05) is 10.9 Å². The number of nitrogens with zero attached hydrogens (tertiary/aromatic N) is 2. The molecule has 1 saturated carbocycles. The van der Waals surface area contributed by atoms with Gasteiger partial charge in [0.25, 0.3) is 0 Å². The number of hydrogen-bond donors (Lipinski definition) is 1. The normalized spacial score (nSPS) is 15.2. The quantitative estimate of drug-likeness (QED) is 0.879. The number of nitrogen functional groups attached to an aromatic ring is 1. The van der Waals surface area contributed by atoms with Gasteiger partial charge in [-0.1, -0.05) is 0 Å². The third-order valence-electron chi connectivity index (χ3n) is 3.34. The lowest BCUT2D eigenvalue weighted by Crippen LogP contribution is -2.17. The SMILES string of the molecule is Nc1cc(OC(F)(F)F)ccc1-c1cnn(CC2CC2)c1. The number of hydrogen-bond acceptors (Lipinski definition) is 3. The van der Waals surface area contributed by atoms with Crippen molar-refractivity contribution < 1.29 is 17.9 Å². The average molecular weight is 297 g/mol. The van der Waals surface area contributed by atoms with Crippen LogP contribution in [0, 0.1) is 5.92 Å². The maximum Gasteiger partial charge on any atom is 0.573 e. The Hall–Kier alpha value is -2.18. The molecular weight excluding hydrogens is 283 g/mol. The molecule has 0 unspecified atom stereocenters. The Morgan fingerprint density at radius 1 is 1.33 bits per heavy atom. The van der Waals surface area contributed by atoms with Crippen molar-refractivity contribution in [2.75, 3.05) is 5.73 Å². The molecule has 1 aliphatic carbocycles. The largest absolute Gasteiger partial charge is 0.573 e. The van der Waals surface area contributed by atoms with Crippen molar-refractivity contribution in [1.29, 1.82) is 0 Å². The van der Waals surface area contributed by atoms with Crippen molar-refractivity contribution in [3.05, 3.63) is 30.6 Å². The highest BCUT2D eigenvalue weighted by molar-refractivity contribution is 5.76. The smallest absolute Gasteiger partial charge is 0.406 e. The van der Waals surface area contributed by atoms with E-state index in [0.29, 0.717) is 11.5 Å². The summed E-state index contributed by atoms with van der Waals surface area (Å²) in [6, 6.07) is 3.92. The first-order chi connectivity index (χ1) is 9.90. The predicted octanol–water partition coefficient (Wildman–Crippen LogP) is 3.44. The first-order valence-electron chi connectivity index (χ1n) is 6.59.